The van der Waals surface area contributed by atoms with Gasteiger partial charge in [-0.1, -0.05) is 13.8 Å². The Morgan fingerprint density at radius 1 is 1.13 bits per heavy atom. The van der Waals surface area contributed by atoms with Crippen LogP contribution in [0.5, 0.6) is 0 Å². The summed E-state index contributed by atoms with van der Waals surface area (Å²) in [5, 5.41) is 7.81. The number of ketones is 1. The van der Waals surface area contributed by atoms with Gasteiger partial charge in [0.1, 0.15) is 0 Å². The average Bonchev–Trinajstić information content (AvgIpc) is 2.99. The number of amides is 1. The molecule has 0 aliphatic heterocycles. The molecule has 0 saturated carbocycles. The monoisotopic (exact) mass is 408 g/mol. The molecule has 2 heterocycles. The summed E-state index contributed by atoms with van der Waals surface area (Å²) < 4.78 is 6.79. The van der Waals surface area contributed by atoms with Crippen molar-refractivity contribution in [1.29, 1.82) is 0 Å². The number of esters is 1. The van der Waals surface area contributed by atoms with Gasteiger partial charge in [0.15, 0.2) is 18.0 Å². The van der Waals surface area contributed by atoms with Crippen LogP contribution in [0.3, 0.4) is 0 Å². The predicted molar refractivity (Wildman–Crippen MR) is 112 cm³/mol. The number of nitrogens with one attached hydrogen (secondary N) is 1. The molecule has 1 N–H and O–H groups in total. The molecule has 1 aromatic carbocycles. The Labute approximate surface area is 174 Å². The zero-order valence-electron chi connectivity index (χ0n) is 17.4. The maximum absolute atomic E-state index is 12.3. The fourth-order valence-corrected chi connectivity index (χ4v) is 3.04. The van der Waals surface area contributed by atoms with E-state index in [1.54, 1.807) is 42.1 Å². The first kappa shape index (κ1) is 21.2. The zero-order chi connectivity index (χ0) is 21.8. The van der Waals surface area contributed by atoms with Crippen molar-refractivity contribution >= 4 is 34.4 Å². The topological polar surface area (TPSA) is 103 Å². The van der Waals surface area contributed by atoms with E-state index < -0.39 is 5.97 Å². The van der Waals surface area contributed by atoms with E-state index in [4.69, 9.17) is 4.74 Å². The third kappa shape index (κ3) is 4.89. The van der Waals surface area contributed by atoms with Crippen LogP contribution in [-0.2, 0) is 16.6 Å². The Morgan fingerprint density at radius 2 is 1.83 bits per heavy atom. The molecule has 0 fully saturated rings. The predicted octanol–water partition coefficient (Wildman–Crippen LogP) is 3.30. The van der Waals surface area contributed by atoms with Gasteiger partial charge in [-0.3, -0.25) is 14.3 Å². The van der Waals surface area contributed by atoms with Crippen molar-refractivity contribution in [3.05, 3.63) is 53.3 Å². The third-order valence-electron chi connectivity index (χ3n) is 4.52. The number of hydrogen-bond acceptors (Lipinski definition) is 6. The van der Waals surface area contributed by atoms with Crippen molar-refractivity contribution in [2.24, 2.45) is 13.0 Å². The lowest BCUT2D eigenvalue weighted by Crippen LogP contribution is -2.15. The number of anilines is 1. The molecule has 0 bridgehead atoms. The minimum absolute atomic E-state index is 0.0764. The van der Waals surface area contributed by atoms with Gasteiger partial charge < -0.3 is 10.1 Å². The maximum Gasteiger partial charge on any atom is 0.340 e. The summed E-state index contributed by atoms with van der Waals surface area (Å²) in [6, 6.07) is 8.14. The molecule has 0 aliphatic rings. The van der Waals surface area contributed by atoms with Crippen LogP contribution in [0, 0.1) is 12.8 Å². The highest BCUT2D eigenvalue weighted by Gasteiger charge is 2.15. The standard InChI is InChI=1S/C22H24N4O4/c1-13(2)9-20(28)24-17-7-5-15(6-8-17)19(27)12-30-22(29)16-10-18-14(3)25-26(4)21(18)23-11-16/h5-8,10-11,13H,9,12H2,1-4H3,(H,24,28). The van der Waals surface area contributed by atoms with E-state index in [1.807, 2.05) is 20.8 Å². The van der Waals surface area contributed by atoms with Gasteiger partial charge in [-0.2, -0.15) is 5.10 Å². The van der Waals surface area contributed by atoms with Crippen LogP contribution in [0.25, 0.3) is 11.0 Å². The summed E-state index contributed by atoms with van der Waals surface area (Å²) in [5.41, 5.74) is 2.68. The summed E-state index contributed by atoms with van der Waals surface area (Å²) in [6.45, 7) is 5.38. The summed E-state index contributed by atoms with van der Waals surface area (Å²) >= 11 is 0. The normalized spacial score (nSPS) is 11.0. The zero-order valence-corrected chi connectivity index (χ0v) is 17.4. The van der Waals surface area contributed by atoms with Crippen molar-refractivity contribution < 1.29 is 19.1 Å². The summed E-state index contributed by atoms with van der Waals surface area (Å²) in [4.78, 5) is 40.7. The summed E-state index contributed by atoms with van der Waals surface area (Å²) in [7, 11) is 1.78. The molecule has 8 nitrogen and oxygen atoms in total. The van der Waals surface area contributed by atoms with Crippen molar-refractivity contribution in [1.82, 2.24) is 14.8 Å². The molecule has 2 aromatic heterocycles. The molecule has 0 spiro atoms. The first-order valence-electron chi connectivity index (χ1n) is 9.64. The third-order valence-corrected chi connectivity index (χ3v) is 4.52. The minimum atomic E-state index is -0.626. The molecule has 8 heteroatoms. The van der Waals surface area contributed by atoms with Gasteiger partial charge >= 0.3 is 5.97 Å². The number of hydrogen-bond donors (Lipinski definition) is 1. The number of ether oxygens (including phenoxy) is 1. The number of carbonyl (C=O) groups is 3. The number of Topliss-reactive ketones (excluding diaryl/α,β-unsaturated/α-hetero) is 1. The fraction of sp³-hybridized carbons (Fsp3) is 0.318. The van der Waals surface area contributed by atoms with Gasteiger partial charge in [-0.05, 0) is 43.2 Å². The molecule has 3 aromatic rings. The summed E-state index contributed by atoms with van der Waals surface area (Å²) in [6.07, 6.45) is 1.83. The van der Waals surface area contributed by atoms with Crippen LogP contribution in [0.15, 0.2) is 36.5 Å². The Balaban J connectivity index is 1.59. The quantitative estimate of drug-likeness (QED) is 0.475. The lowest BCUT2D eigenvalue weighted by atomic mass is 10.1. The average molecular weight is 408 g/mol. The highest BCUT2D eigenvalue weighted by molar-refractivity contribution is 6.00. The van der Waals surface area contributed by atoms with E-state index in [0.717, 1.165) is 11.1 Å². The number of benzene rings is 1. The van der Waals surface area contributed by atoms with Crippen molar-refractivity contribution in [3.8, 4) is 0 Å². The second kappa shape index (κ2) is 8.86. The molecule has 0 unspecified atom stereocenters. The first-order chi connectivity index (χ1) is 14.2. The number of aromatic nitrogens is 3. The van der Waals surface area contributed by atoms with E-state index >= 15 is 0 Å². The molecule has 0 radical (unpaired) electrons. The molecule has 156 valence electrons. The number of fused-ring (bicyclic) bond motifs is 1. The first-order valence-corrected chi connectivity index (χ1v) is 9.64. The van der Waals surface area contributed by atoms with Crippen molar-refractivity contribution in [2.75, 3.05) is 11.9 Å². The number of rotatable bonds is 7. The second-order valence-electron chi connectivity index (χ2n) is 7.53. The molecule has 1 amide bonds. The Kier molecular flexibility index (Phi) is 6.25. The van der Waals surface area contributed by atoms with Gasteiger partial charge in [-0.25, -0.2) is 9.78 Å². The van der Waals surface area contributed by atoms with Gasteiger partial charge in [-0.15, -0.1) is 0 Å². The molecular weight excluding hydrogens is 384 g/mol. The molecule has 30 heavy (non-hydrogen) atoms. The second-order valence-corrected chi connectivity index (χ2v) is 7.53. The molecule has 0 saturated heterocycles. The molecular formula is C22H24N4O4. The van der Waals surface area contributed by atoms with Crippen LogP contribution in [0.4, 0.5) is 5.69 Å². The number of carbonyl (C=O) groups excluding carboxylic acids is 3. The molecule has 0 atom stereocenters. The summed E-state index contributed by atoms with van der Waals surface area (Å²) in [5.74, 6) is -0.778. The largest absolute Gasteiger partial charge is 0.454 e. The van der Waals surface area contributed by atoms with E-state index in [0.29, 0.717) is 23.3 Å². The molecule has 3 rings (SSSR count). The van der Waals surface area contributed by atoms with Gasteiger partial charge in [0.05, 0.1) is 11.3 Å². The maximum atomic E-state index is 12.3. The van der Waals surface area contributed by atoms with Crippen LogP contribution < -0.4 is 5.32 Å². The smallest absolute Gasteiger partial charge is 0.340 e. The Morgan fingerprint density at radius 3 is 2.50 bits per heavy atom. The SMILES string of the molecule is Cc1nn(C)c2ncc(C(=O)OCC(=O)c3ccc(NC(=O)CC(C)C)cc3)cc12. The fourth-order valence-electron chi connectivity index (χ4n) is 3.04. The van der Waals surface area contributed by atoms with E-state index in [9.17, 15) is 14.4 Å². The van der Waals surface area contributed by atoms with Crippen LogP contribution in [0.1, 0.15) is 46.7 Å². The Bertz CT molecular complexity index is 1100. The van der Waals surface area contributed by atoms with Crippen molar-refractivity contribution in [2.45, 2.75) is 27.2 Å². The van der Waals surface area contributed by atoms with Crippen LogP contribution >= 0.6 is 0 Å². The number of nitrogens with zero attached hydrogens (tertiary/aromatic N) is 3. The lowest BCUT2D eigenvalue weighted by Gasteiger charge is -2.08. The van der Waals surface area contributed by atoms with Crippen LogP contribution in [0.2, 0.25) is 0 Å². The van der Waals surface area contributed by atoms with Gasteiger partial charge in [0.2, 0.25) is 5.91 Å². The number of pyridine rings is 1. The Hall–Kier alpha value is -3.55. The minimum Gasteiger partial charge on any atom is -0.454 e. The van der Waals surface area contributed by atoms with Crippen LogP contribution in [-0.4, -0.2) is 39.0 Å². The van der Waals surface area contributed by atoms with E-state index in [-0.39, 0.29) is 29.8 Å². The van der Waals surface area contributed by atoms with Gasteiger partial charge in [0, 0.05) is 36.3 Å². The van der Waals surface area contributed by atoms with Crippen molar-refractivity contribution in [3.63, 3.8) is 0 Å². The lowest BCUT2D eigenvalue weighted by molar-refractivity contribution is -0.116. The van der Waals surface area contributed by atoms with E-state index in [2.05, 4.69) is 15.4 Å². The van der Waals surface area contributed by atoms with E-state index in [1.165, 1.54) is 6.20 Å². The molecule has 0 aliphatic carbocycles. The highest BCUT2D eigenvalue weighted by atomic mass is 16.5. The highest BCUT2D eigenvalue weighted by Crippen LogP contribution is 2.17. The number of aryl methyl sites for hydroxylation is 2. The van der Waals surface area contributed by atoms with Gasteiger partial charge in [0.25, 0.3) is 0 Å².